The third kappa shape index (κ3) is 2.95. The molecule has 0 aliphatic heterocycles. The summed E-state index contributed by atoms with van der Waals surface area (Å²) in [5, 5.41) is 10.3. The number of hydrogen-bond acceptors (Lipinski definition) is 3. The first kappa shape index (κ1) is 16.7. The van der Waals surface area contributed by atoms with Gasteiger partial charge >= 0.3 is 6.18 Å². The van der Waals surface area contributed by atoms with E-state index in [1.807, 2.05) is 6.07 Å². The van der Waals surface area contributed by atoms with Gasteiger partial charge in [0, 0.05) is 0 Å². The first-order valence-electron chi connectivity index (χ1n) is 6.83. The van der Waals surface area contributed by atoms with Gasteiger partial charge in [-0.05, 0) is 23.3 Å². The Bertz CT molecular complexity index is 891. The molecule has 0 fully saturated rings. The van der Waals surface area contributed by atoms with Crippen LogP contribution in [-0.2, 0) is 6.18 Å². The largest absolute Gasteiger partial charge is 0.506 e. The number of aromatic hydroxyl groups is 1. The summed E-state index contributed by atoms with van der Waals surface area (Å²) in [4.78, 5) is 0.506. The highest BCUT2D eigenvalue weighted by Crippen LogP contribution is 2.50. The molecule has 7 heteroatoms. The van der Waals surface area contributed by atoms with Crippen LogP contribution in [0.5, 0.6) is 5.75 Å². The molecule has 0 aliphatic carbocycles. The van der Waals surface area contributed by atoms with Gasteiger partial charge in [0.15, 0.2) is 0 Å². The summed E-state index contributed by atoms with van der Waals surface area (Å²) in [6, 6.07) is 12.5. The second-order valence-electron chi connectivity index (χ2n) is 5.08. The molecule has 0 radical (unpaired) electrons. The molecule has 0 saturated heterocycles. The number of nitrogen functional groups attached to an aromatic ring is 1. The van der Waals surface area contributed by atoms with E-state index in [0.29, 0.717) is 4.88 Å². The first-order valence-corrected chi connectivity index (χ1v) is 8.02. The molecule has 0 spiro atoms. The second kappa shape index (κ2) is 6.03. The maximum Gasteiger partial charge on any atom is 0.417 e. The second-order valence-corrected chi connectivity index (χ2v) is 6.54. The minimum Gasteiger partial charge on any atom is -0.506 e. The van der Waals surface area contributed by atoms with Crippen LogP contribution in [0.1, 0.15) is 5.56 Å². The Morgan fingerprint density at radius 1 is 1.00 bits per heavy atom. The summed E-state index contributed by atoms with van der Waals surface area (Å²) in [5.41, 5.74) is 6.08. The highest BCUT2D eigenvalue weighted by molar-refractivity contribution is 7.20. The number of nitrogens with two attached hydrogens (primary N) is 1. The molecule has 0 unspecified atom stereocenters. The molecule has 124 valence electrons. The van der Waals surface area contributed by atoms with Gasteiger partial charge in [0.2, 0.25) is 0 Å². The molecule has 1 heterocycles. The standard InChI is InChI=1S/C17H11ClF3NOS/c18-12-7-6-10(8-11(12)17(19,20)21)13-14(23)15(24-16(13)22)9-4-2-1-3-5-9/h1-8,23H,22H2. The zero-order chi connectivity index (χ0) is 17.5. The maximum atomic E-state index is 13.0. The lowest BCUT2D eigenvalue weighted by Gasteiger charge is -2.11. The van der Waals surface area contributed by atoms with E-state index in [4.69, 9.17) is 17.3 Å². The van der Waals surface area contributed by atoms with Gasteiger partial charge in [0.1, 0.15) is 5.75 Å². The van der Waals surface area contributed by atoms with E-state index >= 15 is 0 Å². The van der Waals surface area contributed by atoms with Crippen LogP contribution >= 0.6 is 22.9 Å². The van der Waals surface area contributed by atoms with E-state index in [1.165, 1.54) is 6.07 Å². The highest BCUT2D eigenvalue weighted by Gasteiger charge is 2.34. The average molecular weight is 370 g/mol. The number of benzene rings is 2. The van der Waals surface area contributed by atoms with Crippen LogP contribution in [0.3, 0.4) is 0 Å². The first-order chi connectivity index (χ1) is 11.3. The molecule has 2 aromatic carbocycles. The van der Waals surface area contributed by atoms with E-state index in [-0.39, 0.29) is 21.9 Å². The van der Waals surface area contributed by atoms with Crippen molar-refractivity contribution in [2.45, 2.75) is 6.18 Å². The number of anilines is 1. The minimum atomic E-state index is -4.59. The van der Waals surface area contributed by atoms with Crippen molar-refractivity contribution >= 4 is 27.9 Å². The molecule has 0 amide bonds. The zero-order valence-electron chi connectivity index (χ0n) is 12.1. The van der Waals surface area contributed by atoms with Gasteiger partial charge in [-0.25, -0.2) is 0 Å². The Hall–Kier alpha value is -2.18. The molecule has 3 aromatic rings. The quantitative estimate of drug-likeness (QED) is 0.578. The Kier molecular flexibility index (Phi) is 4.19. The van der Waals surface area contributed by atoms with Crippen molar-refractivity contribution in [1.82, 2.24) is 0 Å². The van der Waals surface area contributed by atoms with Crippen LogP contribution in [0.4, 0.5) is 18.2 Å². The molecule has 0 atom stereocenters. The molecular weight excluding hydrogens is 359 g/mol. The molecule has 3 N–H and O–H groups in total. The van der Waals surface area contributed by atoms with Crippen LogP contribution in [0.2, 0.25) is 5.02 Å². The van der Waals surface area contributed by atoms with Crippen LogP contribution < -0.4 is 5.73 Å². The summed E-state index contributed by atoms with van der Waals surface area (Å²) < 4.78 is 39.1. The van der Waals surface area contributed by atoms with Gasteiger partial charge in [0.25, 0.3) is 0 Å². The molecular formula is C17H11ClF3NOS. The normalized spacial score (nSPS) is 11.7. The van der Waals surface area contributed by atoms with Crippen molar-refractivity contribution in [3.05, 3.63) is 59.1 Å². The lowest BCUT2D eigenvalue weighted by atomic mass is 10.0. The fourth-order valence-electron chi connectivity index (χ4n) is 2.40. The van der Waals surface area contributed by atoms with Gasteiger partial charge in [-0.15, -0.1) is 11.3 Å². The van der Waals surface area contributed by atoms with Gasteiger partial charge in [-0.3, -0.25) is 0 Å². The van der Waals surface area contributed by atoms with Crippen LogP contribution in [0, 0.1) is 0 Å². The molecule has 0 bridgehead atoms. The third-order valence-electron chi connectivity index (χ3n) is 3.51. The summed E-state index contributed by atoms with van der Waals surface area (Å²) in [7, 11) is 0. The van der Waals surface area contributed by atoms with Gasteiger partial charge in [-0.2, -0.15) is 13.2 Å². The van der Waals surface area contributed by atoms with E-state index in [9.17, 15) is 18.3 Å². The van der Waals surface area contributed by atoms with Crippen LogP contribution in [0.25, 0.3) is 21.6 Å². The molecule has 0 saturated carbocycles. The SMILES string of the molecule is Nc1sc(-c2ccccc2)c(O)c1-c1ccc(Cl)c(C(F)(F)F)c1. The lowest BCUT2D eigenvalue weighted by Crippen LogP contribution is -2.06. The third-order valence-corrected chi connectivity index (χ3v) is 4.89. The molecule has 24 heavy (non-hydrogen) atoms. The van der Waals surface area contributed by atoms with E-state index in [2.05, 4.69) is 0 Å². The summed E-state index contributed by atoms with van der Waals surface area (Å²) in [5.74, 6) is -0.140. The molecule has 2 nitrogen and oxygen atoms in total. The number of rotatable bonds is 2. The Balaban J connectivity index is 2.17. The van der Waals surface area contributed by atoms with Gasteiger partial charge < -0.3 is 10.8 Å². The van der Waals surface area contributed by atoms with Crippen LogP contribution in [-0.4, -0.2) is 5.11 Å². The lowest BCUT2D eigenvalue weighted by molar-refractivity contribution is -0.137. The highest BCUT2D eigenvalue weighted by atomic mass is 35.5. The van der Waals surface area contributed by atoms with Crippen molar-refractivity contribution in [3.8, 4) is 27.3 Å². The molecule has 3 rings (SSSR count). The van der Waals surface area contributed by atoms with Crippen LogP contribution in [0.15, 0.2) is 48.5 Å². The van der Waals surface area contributed by atoms with E-state index < -0.39 is 16.8 Å². The number of halogens is 4. The number of thiophene rings is 1. The summed E-state index contributed by atoms with van der Waals surface area (Å²) >= 11 is 6.76. The fraction of sp³-hybridized carbons (Fsp3) is 0.0588. The van der Waals surface area contributed by atoms with Crippen molar-refractivity contribution in [2.75, 3.05) is 5.73 Å². The molecule has 1 aromatic heterocycles. The Morgan fingerprint density at radius 2 is 1.67 bits per heavy atom. The monoisotopic (exact) mass is 369 g/mol. The fourth-order valence-corrected chi connectivity index (χ4v) is 3.62. The topological polar surface area (TPSA) is 46.2 Å². The zero-order valence-corrected chi connectivity index (χ0v) is 13.6. The Labute approximate surface area is 144 Å². The van der Waals surface area contributed by atoms with E-state index in [0.717, 1.165) is 29.0 Å². The van der Waals surface area contributed by atoms with E-state index in [1.54, 1.807) is 24.3 Å². The Morgan fingerprint density at radius 3 is 2.29 bits per heavy atom. The number of alkyl halides is 3. The average Bonchev–Trinajstić information content (AvgIpc) is 2.83. The van der Waals surface area contributed by atoms with Crippen molar-refractivity contribution < 1.29 is 18.3 Å². The predicted molar refractivity (Wildman–Crippen MR) is 91.3 cm³/mol. The summed E-state index contributed by atoms with van der Waals surface area (Å²) in [6.45, 7) is 0. The van der Waals surface area contributed by atoms with Crippen molar-refractivity contribution in [3.63, 3.8) is 0 Å². The summed E-state index contributed by atoms with van der Waals surface area (Å²) in [6.07, 6.45) is -4.59. The van der Waals surface area contributed by atoms with Gasteiger partial charge in [-0.1, -0.05) is 48.0 Å². The smallest absolute Gasteiger partial charge is 0.417 e. The minimum absolute atomic E-state index is 0.140. The predicted octanol–water partition coefficient (Wildman–Crippen LogP) is 6.04. The maximum absolute atomic E-state index is 13.0. The van der Waals surface area contributed by atoms with Crippen molar-refractivity contribution in [2.24, 2.45) is 0 Å². The number of hydrogen-bond donors (Lipinski definition) is 2. The van der Waals surface area contributed by atoms with Crippen molar-refractivity contribution in [1.29, 1.82) is 0 Å². The van der Waals surface area contributed by atoms with Gasteiger partial charge in [0.05, 0.1) is 26.0 Å². The molecule has 0 aliphatic rings.